The molecule has 3 aliphatic carbocycles. The van der Waals surface area contributed by atoms with Crippen molar-refractivity contribution in [2.75, 3.05) is 6.54 Å². The summed E-state index contributed by atoms with van der Waals surface area (Å²) in [5, 5.41) is 0. The Balaban J connectivity index is 1.67. The number of nitrogens with two attached hydrogens (primary N) is 1. The molecule has 0 radical (unpaired) electrons. The van der Waals surface area contributed by atoms with Gasteiger partial charge in [0.1, 0.15) is 0 Å². The Morgan fingerprint density at radius 1 is 1.11 bits per heavy atom. The molecule has 0 saturated heterocycles. The minimum atomic E-state index is -2.41. The van der Waals surface area contributed by atoms with Crippen LogP contribution in [0.5, 0.6) is 0 Å². The molecule has 2 N–H and O–H groups in total. The summed E-state index contributed by atoms with van der Waals surface area (Å²) in [5.41, 5.74) is 6.28. The minimum absolute atomic E-state index is 0.102. The van der Waals surface area contributed by atoms with E-state index in [1.165, 1.54) is 25.7 Å². The summed E-state index contributed by atoms with van der Waals surface area (Å²) in [6.07, 6.45) is 8.08. The first kappa shape index (κ1) is 12.8. The lowest BCUT2D eigenvalue weighted by Gasteiger charge is -2.41. The van der Waals surface area contributed by atoms with Gasteiger partial charge in [-0.2, -0.15) is 0 Å². The zero-order chi connectivity index (χ0) is 12.8. The van der Waals surface area contributed by atoms with Crippen molar-refractivity contribution in [3.8, 4) is 0 Å². The van der Waals surface area contributed by atoms with Crippen molar-refractivity contribution >= 4 is 0 Å². The molecule has 0 aromatic rings. The normalized spacial score (nSPS) is 46.5. The fraction of sp³-hybridized carbons (Fsp3) is 1.00. The van der Waals surface area contributed by atoms with E-state index in [-0.39, 0.29) is 24.2 Å². The van der Waals surface area contributed by atoms with Crippen LogP contribution >= 0.6 is 0 Å². The van der Waals surface area contributed by atoms with Crippen LogP contribution < -0.4 is 5.73 Å². The molecule has 1 nitrogen and oxygen atoms in total. The smallest absolute Gasteiger partial charge is 0.248 e. The number of halogens is 2. The van der Waals surface area contributed by atoms with Crippen molar-refractivity contribution in [2.24, 2.45) is 28.9 Å². The number of fused-ring (bicyclic) bond motifs is 2. The van der Waals surface area contributed by atoms with Gasteiger partial charge in [0.2, 0.25) is 5.92 Å². The van der Waals surface area contributed by atoms with E-state index in [0.29, 0.717) is 6.42 Å². The molecule has 4 atom stereocenters. The standard InChI is InChI=1S/C15H25F2N/c16-15(17)5-1-2-12(9-15)8-14(10-18)7-11-3-4-13(14)6-11/h11-13H,1-10,18H2. The summed E-state index contributed by atoms with van der Waals surface area (Å²) in [7, 11) is 0. The lowest BCUT2D eigenvalue weighted by atomic mass is 9.65. The van der Waals surface area contributed by atoms with Gasteiger partial charge in [-0.25, -0.2) is 8.78 Å². The maximum atomic E-state index is 13.5. The molecule has 3 rings (SSSR count). The first-order chi connectivity index (χ1) is 8.53. The summed E-state index contributed by atoms with van der Waals surface area (Å²) in [6.45, 7) is 0.718. The zero-order valence-corrected chi connectivity index (χ0v) is 11.1. The first-order valence-electron chi connectivity index (χ1n) is 7.61. The van der Waals surface area contributed by atoms with Crippen molar-refractivity contribution in [2.45, 2.75) is 63.7 Å². The van der Waals surface area contributed by atoms with E-state index in [1.807, 2.05) is 0 Å². The first-order valence-corrected chi connectivity index (χ1v) is 7.61. The zero-order valence-electron chi connectivity index (χ0n) is 11.1. The molecule has 3 saturated carbocycles. The largest absolute Gasteiger partial charge is 0.330 e. The second-order valence-electron chi connectivity index (χ2n) is 7.17. The Morgan fingerprint density at radius 3 is 2.50 bits per heavy atom. The molecule has 3 heteroatoms. The Kier molecular flexibility index (Phi) is 3.16. The molecular formula is C15H25F2N. The van der Waals surface area contributed by atoms with Crippen LogP contribution in [0.1, 0.15) is 57.8 Å². The Labute approximate surface area is 109 Å². The topological polar surface area (TPSA) is 26.0 Å². The predicted octanol–water partition coefficient (Wildman–Crippen LogP) is 3.97. The number of alkyl halides is 2. The summed E-state index contributed by atoms with van der Waals surface area (Å²) >= 11 is 0. The van der Waals surface area contributed by atoms with Gasteiger partial charge >= 0.3 is 0 Å². The van der Waals surface area contributed by atoms with E-state index < -0.39 is 5.92 Å². The second-order valence-corrected chi connectivity index (χ2v) is 7.17. The molecule has 104 valence electrons. The van der Waals surface area contributed by atoms with E-state index in [1.54, 1.807) is 0 Å². The van der Waals surface area contributed by atoms with Crippen LogP contribution in [0.2, 0.25) is 0 Å². The molecule has 18 heavy (non-hydrogen) atoms. The van der Waals surface area contributed by atoms with Crippen LogP contribution in [-0.2, 0) is 0 Å². The van der Waals surface area contributed by atoms with Crippen molar-refractivity contribution in [3.63, 3.8) is 0 Å². The molecule has 0 aromatic heterocycles. The number of rotatable bonds is 3. The van der Waals surface area contributed by atoms with Gasteiger partial charge in [0, 0.05) is 12.8 Å². The molecule has 0 heterocycles. The van der Waals surface area contributed by atoms with Crippen molar-refractivity contribution < 1.29 is 8.78 Å². The van der Waals surface area contributed by atoms with Crippen LogP contribution in [-0.4, -0.2) is 12.5 Å². The number of hydrogen-bond donors (Lipinski definition) is 1. The van der Waals surface area contributed by atoms with Crippen LogP contribution in [0.3, 0.4) is 0 Å². The van der Waals surface area contributed by atoms with Crippen molar-refractivity contribution in [3.05, 3.63) is 0 Å². The van der Waals surface area contributed by atoms with Crippen LogP contribution in [0.25, 0.3) is 0 Å². The maximum absolute atomic E-state index is 13.5. The van der Waals surface area contributed by atoms with Gasteiger partial charge in [-0.05, 0) is 68.2 Å². The average Bonchev–Trinajstić information content (AvgIpc) is 2.88. The van der Waals surface area contributed by atoms with E-state index >= 15 is 0 Å². The third-order valence-corrected chi connectivity index (χ3v) is 5.95. The fourth-order valence-corrected chi connectivity index (χ4v) is 5.17. The van der Waals surface area contributed by atoms with E-state index in [4.69, 9.17) is 5.73 Å². The molecular weight excluding hydrogens is 232 g/mol. The van der Waals surface area contributed by atoms with E-state index in [9.17, 15) is 8.78 Å². The lowest BCUT2D eigenvalue weighted by molar-refractivity contribution is -0.0621. The molecule has 3 aliphatic rings. The van der Waals surface area contributed by atoms with Crippen molar-refractivity contribution in [1.29, 1.82) is 0 Å². The van der Waals surface area contributed by atoms with Gasteiger partial charge in [0.05, 0.1) is 0 Å². The monoisotopic (exact) mass is 257 g/mol. The summed E-state index contributed by atoms with van der Waals surface area (Å²) in [5.74, 6) is -0.599. The fourth-order valence-electron chi connectivity index (χ4n) is 5.17. The molecule has 2 bridgehead atoms. The van der Waals surface area contributed by atoms with Gasteiger partial charge in [0.15, 0.2) is 0 Å². The SMILES string of the molecule is NCC1(CC2CCCC(F)(F)C2)CC2CCC1C2. The van der Waals surface area contributed by atoms with Gasteiger partial charge in [-0.15, -0.1) is 0 Å². The van der Waals surface area contributed by atoms with Crippen LogP contribution in [0.4, 0.5) is 8.78 Å². The van der Waals surface area contributed by atoms with Crippen molar-refractivity contribution in [1.82, 2.24) is 0 Å². The highest BCUT2D eigenvalue weighted by Gasteiger charge is 2.51. The highest BCUT2D eigenvalue weighted by molar-refractivity contribution is 5.02. The van der Waals surface area contributed by atoms with Crippen LogP contribution in [0.15, 0.2) is 0 Å². The van der Waals surface area contributed by atoms with E-state index in [2.05, 4.69) is 0 Å². The lowest BCUT2D eigenvalue weighted by Crippen LogP contribution is -2.39. The van der Waals surface area contributed by atoms with Gasteiger partial charge in [-0.1, -0.05) is 6.42 Å². The minimum Gasteiger partial charge on any atom is -0.330 e. The van der Waals surface area contributed by atoms with Gasteiger partial charge < -0.3 is 5.73 Å². The average molecular weight is 257 g/mol. The molecule has 0 spiro atoms. The van der Waals surface area contributed by atoms with Gasteiger partial charge in [-0.3, -0.25) is 0 Å². The molecule has 3 fully saturated rings. The van der Waals surface area contributed by atoms with E-state index in [0.717, 1.165) is 31.2 Å². The Hall–Kier alpha value is -0.180. The highest BCUT2D eigenvalue weighted by atomic mass is 19.3. The summed E-state index contributed by atoms with van der Waals surface area (Å²) in [6, 6.07) is 0. The van der Waals surface area contributed by atoms with Gasteiger partial charge in [0.25, 0.3) is 0 Å². The Bertz CT molecular complexity index is 318. The summed E-state index contributed by atoms with van der Waals surface area (Å²) < 4.78 is 27.0. The molecule has 0 aliphatic heterocycles. The number of hydrogen-bond acceptors (Lipinski definition) is 1. The summed E-state index contributed by atoms with van der Waals surface area (Å²) in [4.78, 5) is 0. The predicted molar refractivity (Wildman–Crippen MR) is 68.5 cm³/mol. The third-order valence-electron chi connectivity index (χ3n) is 5.95. The maximum Gasteiger partial charge on any atom is 0.248 e. The third kappa shape index (κ3) is 2.19. The molecule has 0 aromatic carbocycles. The Morgan fingerprint density at radius 2 is 1.94 bits per heavy atom. The highest BCUT2D eigenvalue weighted by Crippen LogP contribution is 2.59. The van der Waals surface area contributed by atoms with Crippen LogP contribution in [0, 0.1) is 23.2 Å². The quantitative estimate of drug-likeness (QED) is 0.813. The molecule has 4 unspecified atom stereocenters. The molecule has 0 amide bonds. The second kappa shape index (κ2) is 4.43.